The number of nitriles is 1. The molecule has 0 fully saturated rings. The Bertz CT molecular complexity index is 552. The van der Waals surface area contributed by atoms with Gasteiger partial charge in [0.15, 0.2) is 0 Å². The van der Waals surface area contributed by atoms with Crippen molar-refractivity contribution in [2.75, 3.05) is 5.75 Å². The van der Waals surface area contributed by atoms with Gasteiger partial charge in [-0.25, -0.2) is 4.79 Å². The van der Waals surface area contributed by atoms with Crippen molar-refractivity contribution in [3.63, 3.8) is 0 Å². The summed E-state index contributed by atoms with van der Waals surface area (Å²) < 4.78 is 0. The van der Waals surface area contributed by atoms with Crippen molar-refractivity contribution in [3.8, 4) is 6.07 Å². The van der Waals surface area contributed by atoms with E-state index in [1.54, 1.807) is 24.3 Å². The Morgan fingerprint density at radius 2 is 2.05 bits per heavy atom. The number of nitrogens with one attached hydrogen (secondary N) is 1. The molecule has 112 valence electrons. The van der Waals surface area contributed by atoms with Gasteiger partial charge in [0.1, 0.15) is 6.04 Å². The zero-order valence-corrected chi connectivity index (χ0v) is 12.8. The van der Waals surface area contributed by atoms with Crippen LogP contribution in [0.3, 0.4) is 0 Å². The largest absolute Gasteiger partial charge is 0.480 e. The second-order valence-corrected chi connectivity index (χ2v) is 5.95. The molecule has 0 radical (unpaired) electrons. The fourth-order valence-corrected chi connectivity index (χ4v) is 2.53. The van der Waals surface area contributed by atoms with E-state index in [-0.39, 0.29) is 11.7 Å². The molecule has 2 N–H and O–H groups in total. The Morgan fingerprint density at radius 3 is 2.62 bits per heavy atom. The molecular formula is C15H18N2O3S. The minimum Gasteiger partial charge on any atom is -0.480 e. The average Bonchev–Trinajstić information content (AvgIpc) is 2.44. The second-order valence-electron chi connectivity index (χ2n) is 4.94. The standard InChI is InChI=1S/C15H18N2O3S/c1-10(2)9-12(15(19)20)17-14(18)11-5-3-4-6-13(11)21-8-7-16/h3-6,10,12H,8-9H2,1-2H3,(H,17,18)(H,19,20)/t12-/m1/s1. The molecule has 1 atom stereocenters. The van der Waals surface area contributed by atoms with Gasteiger partial charge >= 0.3 is 5.97 Å². The SMILES string of the molecule is CC(C)C[C@@H](NC(=O)c1ccccc1SCC#N)C(=O)O. The van der Waals surface area contributed by atoms with E-state index in [4.69, 9.17) is 10.4 Å². The highest BCUT2D eigenvalue weighted by Crippen LogP contribution is 2.22. The van der Waals surface area contributed by atoms with E-state index in [1.807, 2.05) is 19.9 Å². The van der Waals surface area contributed by atoms with Crippen LogP contribution in [0.25, 0.3) is 0 Å². The number of carboxylic acids is 1. The number of rotatable bonds is 7. The van der Waals surface area contributed by atoms with E-state index >= 15 is 0 Å². The lowest BCUT2D eigenvalue weighted by Gasteiger charge is -2.17. The van der Waals surface area contributed by atoms with Gasteiger partial charge < -0.3 is 10.4 Å². The van der Waals surface area contributed by atoms with Crippen molar-refractivity contribution in [2.45, 2.75) is 31.2 Å². The number of hydrogen-bond donors (Lipinski definition) is 2. The second kappa shape index (κ2) is 8.32. The van der Waals surface area contributed by atoms with Crippen molar-refractivity contribution in [2.24, 2.45) is 5.92 Å². The van der Waals surface area contributed by atoms with Crippen molar-refractivity contribution < 1.29 is 14.7 Å². The summed E-state index contributed by atoms with van der Waals surface area (Å²) in [5.41, 5.74) is 0.396. The molecule has 21 heavy (non-hydrogen) atoms. The van der Waals surface area contributed by atoms with Gasteiger partial charge in [-0.05, 0) is 24.5 Å². The van der Waals surface area contributed by atoms with Crippen LogP contribution in [0.15, 0.2) is 29.2 Å². The first-order valence-corrected chi connectivity index (χ1v) is 7.56. The molecule has 0 saturated carbocycles. The van der Waals surface area contributed by atoms with Crippen molar-refractivity contribution >= 4 is 23.6 Å². The van der Waals surface area contributed by atoms with E-state index in [1.165, 1.54) is 11.8 Å². The highest BCUT2D eigenvalue weighted by atomic mass is 32.2. The zero-order valence-electron chi connectivity index (χ0n) is 12.0. The fraction of sp³-hybridized carbons (Fsp3) is 0.400. The van der Waals surface area contributed by atoms with Crippen LogP contribution in [0.1, 0.15) is 30.6 Å². The Balaban J connectivity index is 2.87. The summed E-state index contributed by atoms with van der Waals surface area (Å²) in [6.45, 7) is 3.80. The van der Waals surface area contributed by atoms with Crippen LogP contribution >= 0.6 is 11.8 Å². The Kier molecular flexibility index (Phi) is 6.76. The topological polar surface area (TPSA) is 90.2 Å². The van der Waals surface area contributed by atoms with Crippen LogP contribution in [0.5, 0.6) is 0 Å². The van der Waals surface area contributed by atoms with Gasteiger partial charge in [-0.15, -0.1) is 11.8 Å². The van der Waals surface area contributed by atoms with Gasteiger partial charge in [0, 0.05) is 4.90 Å². The highest BCUT2D eigenvalue weighted by molar-refractivity contribution is 7.99. The van der Waals surface area contributed by atoms with E-state index in [9.17, 15) is 9.59 Å². The number of carboxylic acid groups (broad SMARTS) is 1. The van der Waals surface area contributed by atoms with E-state index in [0.717, 1.165) is 0 Å². The molecule has 1 aromatic carbocycles. The Hall–Kier alpha value is -2.00. The summed E-state index contributed by atoms with van der Waals surface area (Å²) in [7, 11) is 0. The van der Waals surface area contributed by atoms with Crippen molar-refractivity contribution in [3.05, 3.63) is 29.8 Å². The van der Waals surface area contributed by atoms with Gasteiger partial charge in [-0.1, -0.05) is 26.0 Å². The van der Waals surface area contributed by atoms with E-state index < -0.39 is 17.9 Å². The first-order valence-electron chi connectivity index (χ1n) is 6.58. The summed E-state index contributed by atoms with van der Waals surface area (Å²) in [6, 6.07) is 7.96. The molecule has 1 amide bonds. The summed E-state index contributed by atoms with van der Waals surface area (Å²) in [4.78, 5) is 24.1. The van der Waals surface area contributed by atoms with Crippen molar-refractivity contribution in [1.29, 1.82) is 5.26 Å². The number of amides is 1. The highest BCUT2D eigenvalue weighted by Gasteiger charge is 2.22. The normalized spacial score (nSPS) is 11.7. The lowest BCUT2D eigenvalue weighted by atomic mass is 10.0. The molecule has 0 aliphatic rings. The third-order valence-electron chi connectivity index (χ3n) is 2.73. The fourth-order valence-electron chi connectivity index (χ4n) is 1.82. The Morgan fingerprint density at radius 1 is 1.38 bits per heavy atom. The molecule has 0 aliphatic heterocycles. The molecule has 1 aromatic rings. The molecule has 0 bridgehead atoms. The predicted molar refractivity (Wildman–Crippen MR) is 81.1 cm³/mol. The minimum absolute atomic E-state index is 0.162. The Labute approximate surface area is 128 Å². The van der Waals surface area contributed by atoms with Crippen LogP contribution in [0.2, 0.25) is 0 Å². The summed E-state index contributed by atoms with van der Waals surface area (Å²) in [5.74, 6) is -1.07. The molecule has 0 saturated heterocycles. The van der Waals surface area contributed by atoms with E-state index in [2.05, 4.69) is 5.32 Å². The van der Waals surface area contributed by atoms with Crippen LogP contribution < -0.4 is 5.32 Å². The number of carbonyl (C=O) groups excluding carboxylic acids is 1. The van der Waals surface area contributed by atoms with Gasteiger partial charge in [0.2, 0.25) is 0 Å². The average molecular weight is 306 g/mol. The molecule has 0 spiro atoms. The number of aliphatic carboxylic acids is 1. The molecule has 1 rings (SSSR count). The number of nitrogens with zero attached hydrogens (tertiary/aromatic N) is 1. The summed E-state index contributed by atoms with van der Waals surface area (Å²) in [5, 5.41) is 20.3. The van der Waals surface area contributed by atoms with E-state index in [0.29, 0.717) is 16.9 Å². The third-order valence-corrected chi connectivity index (χ3v) is 3.67. The predicted octanol–water partition coefficient (Wildman–Crippen LogP) is 2.53. The summed E-state index contributed by atoms with van der Waals surface area (Å²) >= 11 is 1.26. The van der Waals surface area contributed by atoms with Crippen molar-refractivity contribution in [1.82, 2.24) is 5.32 Å². The van der Waals surface area contributed by atoms with Gasteiger partial charge in [-0.3, -0.25) is 4.79 Å². The first kappa shape index (κ1) is 17.1. The maximum atomic E-state index is 12.3. The van der Waals surface area contributed by atoms with Crippen LogP contribution in [0, 0.1) is 17.2 Å². The summed E-state index contributed by atoms with van der Waals surface area (Å²) in [6.07, 6.45) is 0.370. The van der Waals surface area contributed by atoms with Crippen LogP contribution in [-0.2, 0) is 4.79 Å². The van der Waals surface area contributed by atoms with Gasteiger partial charge in [0.25, 0.3) is 5.91 Å². The monoisotopic (exact) mass is 306 g/mol. The smallest absolute Gasteiger partial charge is 0.326 e. The number of thioether (sulfide) groups is 1. The van der Waals surface area contributed by atoms with Crippen LogP contribution in [-0.4, -0.2) is 28.8 Å². The molecular weight excluding hydrogens is 288 g/mol. The third kappa shape index (κ3) is 5.48. The van der Waals surface area contributed by atoms with Gasteiger partial charge in [0.05, 0.1) is 17.4 Å². The number of hydrogen-bond acceptors (Lipinski definition) is 4. The molecule has 6 heteroatoms. The number of carbonyl (C=O) groups is 2. The first-order chi connectivity index (χ1) is 9.95. The molecule has 5 nitrogen and oxygen atoms in total. The molecule has 0 unspecified atom stereocenters. The molecule has 0 aliphatic carbocycles. The number of benzene rings is 1. The maximum absolute atomic E-state index is 12.3. The van der Waals surface area contributed by atoms with Gasteiger partial charge in [-0.2, -0.15) is 5.26 Å². The lowest BCUT2D eigenvalue weighted by molar-refractivity contribution is -0.139. The lowest BCUT2D eigenvalue weighted by Crippen LogP contribution is -2.41. The maximum Gasteiger partial charge on any atom is 0.326 e. The van der Waals surface area contributed by atoms with Crippen LogP contribution in [0.4, 0.5) is 0 Å². The zero-order chi connectivity index (χ0) is 15.8. The molecule has 0 heterocycles. The molecule has 0 aromatic heterocycles. The quantitative estimate of drug-likeness (QED) is 0.755. The minimum atomic E-state index is -1.04.